The van der Waals surface area contributed by atoms with E-state index in [0.29, 0.717) is 38.5 Å². The average molecular weight is 503 g/mol. The van der Waals surface area contributed by atoms with Gasteiger partial charge in [0.2, 0.25) is 0 Å². The second kappa shape index (κ2) is 7.66. The summed E-state index contributed by atoms with van der Waals surface area (Å²) in [6.45, 7) is 12.4. The highest BCUT2D eigenvalue weighted by molar-refractivity contribution is 5.77. The predicted molar refractivity (Wildman–Crippen MR) is 136 cm³/mol. The molecule has 0 aromatic heterocycles. The summed E-state index contributed by atoms with van der Waals surface area (Å²) in [7, 11) is 0. The first-order chi connectivity index (χ1) is 16.6. The van der Waals surface area contributed by atoms with Crippen LogP contribution >= 0.6 is 0 Å². The summed E-state index contributed by atoms with van der Waals surface area (Å²) in [4.78, 5) is 25.2. The Hall–Kier alpha value is -1.24. The third kappa shape index (κ3) is 2.85. The molecule has 5 rings (SSSR count). The molecule has 5 aliphatic rings. The van der Waals surface area contributed by atoms with E-state index in [9.17, 15) is 30.0 Å². The normalized spacial score (nSPS) is 58.4. The van der Waals surface area contributed by atoms with Crippen LogP contribution in [0, 0.1) is 50.7 Å². The van der Waals surface area contributed by atoms with Crippen LogP contribution in [0.1, 0.15) is 92.9 Å². The Morgan fingerprint density at radius 3 is 2.31 bits per heavy atom. The van der Waals surface area contributed by atoms with Crippen LogP contribution in [0.5, 0.6) is 0 Å². The third-order valence-corrected chi connectivity index (χ3v) is 13.3. The van der Waals surface area contributed by atoms with Crippen LogP contribution in [0.4, 0.5) is 0 Å². The number of carbonyl (C=O) groups is 2. The molecule has 202 valence electrons. The van der Waals surface area contributed by atoms with Gasteiger partial charge in [-0.3, -0.25) is 4.79 Å². The molecule has 0 amide bonds. The summed E-state index contributed by atoms with van der Waals surface area (Å²) in [5.41, 5.74) is -3.04. The Morgan fingerprint density at radius 1 is 1.03 bits per heavy atom. The number of carbonyl (C=O) groups excluding carboxylic acids is 1. The zero-order valence-corrected chi connectivity index (χ0v) is 22.9. The highest BCUT2D eigenvalue weighted by Gasteiger charge is 2.73. The van der Waals surface area contributed by atoms with E-state index in [1.165, 1.54) is 0 Å². The van der Waals surface area contributed by atoms with E-state index < -0.39 is 40.5 Å². The van der Waals surface area contributed by atoms with Crippen LogP contribution in [-0.4, -0.2) is 50.5 Å². The first-order valence-electron chi connectivity index (χ1n) is 14.0. The van der Waals surface area contributed by atoms with E-state index in [0.717, 1.165) is 24.7 Å². The number of aliphatic carboxylic acids is 1. The van der Waals surface area contributed by atoms with Gasteiger partial charge in [0.05, 0.1) is 28.6 Å². The van der Waals surface area contributed by atoms with Crippen molar-refractivity contribution in [2.24, 2.45) is 50.7 Å². The highest BCUT2D eigenvalue weighted by Crippen LogP contribution is 2.75. The van der Waals surface area contributed by atoms with Crippen LogP contribution in [0.2, 0.25) is 0 Å². The van der Waals surface area contributed by atoms with Gasteiger partial charge in [0.1, 0.15) is 6.29 Å². The molecule has 0 unspecified atom stereocenters. The van der Waals surface area contributed by atoms with Crippen molar-refractivity contribution in [2.45, 2.75) is 111 Å². The van der Waals surface area contributed by atoms with Crippen LogP contribution in [0.15, 0.2) is 11.6 Å². The summed E-state index contributed by atoms with van der Waals surface area (Å²) in [6.07, 6.45) is 6.66. The summed E-state index contributed by atoms with van der Waals surface area (Å²) in [5, 5.41) is 45.0. The molecule has 0 spiro atoms. The number of fused-ring (bicyclic) bond motifs is 7. The van der Waals surface area contributed by atoms with Gasteiger partial charge in [-0.05, 0) is 86.4 Å². The summed E-state index contributed by atoms with van der Waals surface area (Å²) in [5.74, 6) is -1.41. The van der Waals surface area contributed by atoms with Crippen LogP contribution in [-0.2, 0) is 9.59 Å². The Kier molecular flexibility index (Phi) is 5.61. The zero-order chi connectivity index (χ0) is 26.7. The van der Waals surface area contributed by atoms with E-state index in [2.05, 4.69) is 26.8 Å². The number of aldehydes is 1. The smallest absolute Gasteiger partial charge is 0.310 e. The maximum Gasteiger partial charge on any atom is 0.310 e. The van der Waals surface area contributed by atoms with E-state index in [4.69, 9.17) is 0 Å². The number of carboxylic acid groups (broad SMARTS) is 1. The van der Waals surface area contributed by atoms with Crippen molar-refractivity contribution < 1.29 is 30.0 Å². The molecule has 0 aromatic carbocycles. The summed E-state index contributed by atoms with van der Waals surface area (Å²) < 4.78 is 0. The number of carboxylic acids is 1. The molecular formula is C30H46O6. The number of hydrogen-bond donors (Lipinski definition) is 4. The lowest BCUT2D eigenvalue weighted by molar-refractivity contribution is -0.243. The maximum atomic E-state index is 12.8. The van der Waals surface area contributed by atoms with Crippen molar-refractivity contribution in [2.75, 3.05) is 0 Å². The van der Waals surface area contributed by atoms with Gasteiger partial charge in [-0.15, -0.1) is 0 Å². The van der Waals surface area contributed by atoms with Gasteiger partial charge >= 0.3 is 5.97 Å². The standard InChI is InChI=1S/C30H46O6/c1-17-9-12-30(24(34)35)14-13-27(4)18(22(30)29(17,6)36)7-8-20-25(2)11-10-21(33)26(3,16-31)23(25)19(32)15-28(20,27)5/h7,16-17,19-23,32-33,36H,8-15H2,1-6H3,(H,34,35)/t17-,19-,20-,21+,22+,23-,25-,26-,27-,28-,29-,30+/m1/s1. The molecule has 0 aliphatic heterocycles. The fourth-order valence-electron chi connectivity index (χ4n) is 10.9. The SMILES string of the molecule is C[C@@H]1CC[C@]2(C(=O)O)CC[C@]3(C)C(=CC[C@@H]4[C@@]5(C)CC[C@H](O)[C@@](C)(C=O)[C@@H]5[C@H](O)C[C@]43C)[C@H]2[C@]1(C)O. The van der Waals surface area contributed by atoms with Crippen LogP contribution < -0.4 is 0 Å². The second-order valence-electron chi connectivity index (χ2n) is 14.6. The lowest BCUT2D eigenvalue weighted by atomic mass is 9.32. The second-order valence-corrected chi connectivity index (χ2v) is 14.6. The minimum absolute atomic E-state index is 0.00395. The molecule has 12 atom stereocenters. The number of rotatable bonds is 2. The molecule has 4 N–H and O–H groups in total. The van der Waals surface area contributed by atoms with Crippen LogP contribution in [0.3, 0.4) is 0 Å². The Balaban J connectivity index is 1.67. The predicted octanol–water partition coefficient (Wildman–Crippen LogP) is 4.35. The number of aliphatic hydroxyl groups excluding tert-OH is 2. The number of hydrogen-bond acceptors (Lipinski definition) is 5. The maximum absolute atomic E-state index is 12.8. The molecule has 4 saturated carbocycles. The number of allylic oxidation sites excluding steroid dienone is 1. The fourth-order valence-corrected chi connectivity index (χ4v) is 10.9. The molecular weight excluding hydrogens is 456 g/mol. The molecule has 0 saturated heterocycles. The quantitative estimate of drug-likeness (QED) is 0.330. The molecule has 6 nitrogen and oxygen atoms in total. The van der Waals surface area contributed by atoms with Crippen molar-refractivity contribution >= 4 is 12.3 Å². The minimum Gasteiger partial charge on any atom is -0.481 e. The third-order valence-electron chi connectivity index (χ3n) is 13.3. The van der Waals surface area contributed by atoms with E-state index >= 15 is 0 Å². The molecule has 0 radical (unpaired) electrons. The zero-order valence-electron chi connectivity index (χ0n) is 22.9. The first-order valence-corrected chi connectivity index (χ1v) is 14.0. The van der Waals surface area contributed by atoms with E-state index in [-0.39, 0.29) is 34.0 Å². The topological polar surface area (TPSA) is 115 Å². The molecule has 0 heterocycles. The van der Waals surface area contributed by atoms with E-state index in [1.807, 2.05) is 20.8 Å². The molecule has 0 bridgehead atoms. The van der Waals surface area contributed by atoms with Crippen molar-refractivity contribution in [3.63, 3.8) is 0 Å². The fraction of sp³-hybridized carbons (Fsp3) is 0.867. The molecule has 6 heteroatoms. The first kappa shape index (κ1) is 26.4. The van der Waals surface area contributed by atoms with Crippen molar-refractivity contribution in [3.05, 3.63) is 11.6 Å². The highest BCUT2D eigenvalue weighted by atomic mass is 16.4. The van der Waals surface area contributed by atoms with Gasteiger partial charge in [0, 0.05) is 11.8 Å². The number of aliphatic hydroxyl groups is 3. The minimum atomic E-state index is -1.13. The molecule has 5 aliphatic carbocycles. The Bertz CT molecular complexity index is 1000. The van der Waals surface area contributed by atoms with Gasteiger partial charge in [0.25, 0.3) is 0 Å². The lowest BCUT2D eigenvalue weighted by Gasteiger charge is -2.72. The average Bonchev–Trinajstić information content (AvgIpc) is 2.79. The van der Waals surface area contributed by atoms with Gasteiger partial charge in [-0.25, -0.2) is 0 Å². The molecule has 0 aromatic rings. The van der Waals surface area contributed by atoms with Gasteiger partial charge in [-0.1, -0.05) is 46.3 Å². The van der Waals surface area contributed by atoms with Crippen molar-refractivity contribution in [1.82, 2.24) is 0 Å². The summed E-state index contributed by atoms with van der Waals surface area (Å²) >= 11 is 0. The lowest BCUT2D eigenvalue weighted by Crippen LogP contribution is -2.70. The van der Waals surface area contributed by atoms with Crippen LogP contribution in [0.25, 0.3) is 0 Å². The largest absolute Gasteiger partial charge is 0.481 e. The Labute approximate surface area is 215 Å². The van der Waals surface area contributed by atoms with Crippen molar-refractivity contribution in [1.29, 1.82) is 0 Å². The monoisotopic (exact) mass is 502 g/mol. The molecule has 4 fully saturated rings. The van der Waals surface area contributed by atoms with Gasteiger partial charge in [0.15, 0.2) is 0 Å². The Morgan fingerprint density at radius 2 is 1.69 bits per heavy atom. The molecule has 36 heavy (non-hydrogen) atoms. The van der Waals surface area contributed by atoms with Gasteiger partial charge in [-0.2, -0.15) is 0 Å². The van der Waals surface area contributed by atoms with Gasteiger partial charge < -0.3 is 25.2 Å². The summed E-state index contributed by atoms with van der Waals surface area (Å²) in [6, 6.07) is 0. The van der Waals surface area contributed by atoms with E-state index in [1.54, 1.807) is 0 Å². The van der Waals surface area contributed by atoms with Crippen molar-refractivity contribution in [3.8, 4) is 0 Å².